The Morgan fingerprint density at radius 3 is 2.41 bits per heavy atom. The van der Waals surface area contributed by atoms with Crippen molar-refractivity contribution in [3.05, 3.63) is 41.5 Å². The molecule has 0 aliphatic rings. The minimum absolute atomic E-state index is 0.0104. The van der Waals surface area contributed by atoms with Gasteiger partial charge in [0.1, 0.15) is 6.10 Å². The summed E-state index contributed by atoms with van der Waals surface area (Å²) in [6.45, 7) is 12.3. The van der Waals surface area contributed by atoms with Crippen LogP contribution < -0.4 is 0 Å². The average molecular weight is 378 g/mol. The third-order valence-corrected chi connectivity index (χ3v) is 4.86. The van der Waals surface area contributed by atoms with Crippen LogP contribution in [-0.4, -0.2) is 46.2 Å². The van der Waals surface area contributed by atoms with Crippen molar-refractivity contribution in [2.75, 3.05) is 7.11 Å². The van der Waals surface area contributed by atoms with Crippen molar-refractivity contribution in [2.24, 2.45) is 0 Å². The molecule has 0 saturated carbocycles. The molecule has 6 heteroatoms. The van der Waals surface area contributed by atoms with Crippen LogP contribution in [0.2, 0.25) is 0 Å². The van der Waals surface area contributed by atoms with E-state index in [1.807, 2.05) is 0 Å². The Kier molecular flexibility index (Phi) is 7.63. The zero-order chi connectivity index (χ0) is 20.9. The van der Waals surface area contributed by atoms with E-state index in [9.17, 15) is 20.1 Å². The highest BCUT2D eigenvalue weighted by Gasteiger charge is 2.33. The number of aryl methyl sites for hydroxylation is 1. The maximum atomic E-state index is 12.3. The standard InChI is InChI=1S/C21H30O6/c1-8-12(2)20(25)27-16(11-17(22)21(5,6)26-7)14(4)15-10-9-13(3)18(23)19(15)24/h8-10,16-17,22-24H,4,11H2,1-3,5-7H3/b12-8-. The van der Waals surface area contributed by atoms with Crippen LogP contribution >= 0.6 is 0 Å². The Balaban J connectivity index is 3.26. The van der Waals surface area contributed by atoms with E-state index in [0.717, 1.165) is 0 Å². The second-order valence-corrected chi connectivity index (χ2v) is 7.08. The number of hydrogen-bond donors (Lipinski definition) is 3. The Morgan fingerprint density at radius 2 is 1.89 bits per heavy atom. The summed E-state index contributed by atoms with van der Waals surface area (Å²) in [5, 5.41) is 30.8. The normalized spacial score (nSPS) is 14.6. The maximum Gasteiger partial charge on any atom is 0.333 e. The molecule has 0 bridgehead atoms. The van der Waals surface area contributed by atoms with E-state index in [1.165, 1.54) is 7.11 Å². The molecule has 0 heterocycles. The predicted molar refractivity (Wildman–Crippen MR) is 105 cm³/mol. The number of hydrogen-bond acceptors (Lipinski definition) is 6. The summed E-state index contributed by atoms with van der Waals surface area (Å²) in [7, 11) is 1.48. The number of rotatable bonds is 8. The average Bonchev–Trinajstić information content (AvgIpc) is 2.64. The number of methoxy groups -OCH3 is 1. The van der Waals surface area contributed by atoms with Crippen molar-refractivity contribution in [2.45, 2.75) is 58.8 Å². The molecule has 0 aliphatic heterocycles. The second-order valence-electron chi connectivity index (χ2n) is 7.08. The number of carbonyl (C=O) groups is 1. The van der Waals surface area contributed by atoms with Gasteiger partial charge in [0.15, 0.2) is 11.5 Å². The van der Waals surface area contributed by atoms with Gasteiger partial charge in [-0.15, -0.1) is 0 Å². The van der Waals surface area contributed by atoms with Gasteiger partial charge >= 0.3 is 5.97 Å². The van der Waals surface area contributed by atoms with Gasteiger partial charge in [0.2, 0.25) is 0 Å². The van der Waals surface area contributed by atoms with Gasteiger partial charge in [-0.3, -0.25) is 0 Å². The van der Waals surface area contributed by atoms with Gasteiger partial charge in [0.05, 0.1) is 11.7 Å². The molecule has 3 N–H and O–H groups in total. The third kappa shape index (κ3) is 5.34. The van der Waals surface area contributed by atoms with Crippen LogP contribution in [0, 0.1) is 6.92 Å². The largest absolute Gasteiger partial charge is 0.504 e. The molecule has 2 atom stereocenters. The Bertz CT molecular complexity index is 732. The summed E-state index contributed by atoms with van der Waals surface area (Å²) in [5.74, 6) is -1.16. The number of carbonyl (C=O) groups excluding carboxylic acids is 1. The molecule has 150 valence electrons. The van der Waals surface area contributed by atoms with Crippen LogP contribution in [0.15, 0.2) is 30.4 Å². The quantitative estimate of drug-likeness (QED) is 0.364. The molecule has 0 aliphatic carbocycles. The van der Waals surface area contributed by atoms with Gasteiger partial charge in [-0.2, -0.15) is 0 Å². The van der Waals surface area contributed by atoms with Gasteiger partial charge in [-0.1, -0.05) is 24.8 Å². The zero-order valence-electron chi connectivity index (χ0n) is 16.9. The molecular formula is C21H30O6. The minimum atomic E-state index is -0.968. The van der Waals surface area contributed by atoms with E-state index in [0.29, 0.717) is 11.1 Å². The number of phenolic OH excluding ortho intramolecular Hbond substituents is 2. The molecule has 0 fully saturated rings. The van der Waals surface area contributed by atoms with Crippen LogP contribution in [0.3, 0.4) is 0 Å². The maximum absolute atomic E-state index is 12.3. The van der Waals surface area contributed by atoms with E-state index in [-0.39, 0.29) is 29.1 Å². The SMILES string of the molecule is C=C(c1ccc(C)c(O)c1O)C(CC(O)C(C)(C)OC)OC(=O)/C(C)=C\C. The van der Waals surface area contributed by atoms with Crippen molar-refractivity contribution in [1.82, 2.24) is 0 Å². The summed E-state index contributed by atoms with van der Waals surface area (Å²) in [6, 6.07) is 3.21. The first-order valence-electron chi connectivity index (χ1n) is 8.74. The van der Waals surface area contributed by atoms with Crippen LogP contribution in [0.5, 0.6) is 11.5 Å². The van der Waals surface area contributed by atoms with Crippen molar-refractivity contribution < 1.29 is 29.6 Å². The summed E-state index contributed by atoms with van der Waals surface area (Å²) < 4.78 is 10.8. The molecule has 1 aromatic carbocycles. The highest BCUT2D eigenvalue weighted by Crippen LogP contribution is 2.38. The lowest BCUT2D eigenvalue weighted by Crippen LogP contribution is -2.41. The van der Waals surface area contributed by atoms with Gasteiger partial charge in [0.25, 0.3) is 0 Å². The fraction of sp³-hybridized carbons (Fsp3) is 0.476. The Hall–Kier alpha value is -2.31. The lowest BCUT2D eigenvalue weighted by molar-refractivity contribution is -0.145. The topological polar surface area (TPSA) is 96.2 Å². The number of benzene rings is 1. The van der Waals surface area contributed by atoms with Crippen LogP contribution in [0.1, 0.15) is 45.2 Å². The first-order valence-corrected chi connectivity index (χ1v) is 8.74. The first-order chi connectivity index (χ1) is 12.5. The molecule has 0 spiro atoms. The molecule has 0 radical (unpaired) electrons. The van der Waals surface area contributed by atoms with E-state index in [2.05, 4.69) is 6.58 Å². The highest BCUT2D eigenvalue weighted by atomic mass is 16.5. The number of phenols is 2. The van der Waals surface area contributed by atoms with E-state index < -0.39 is 23.8 Å². The molecule has 1 rings (SSSR count). The summed E-state index contributed by atoms with van der Waals surface area (Å²) in [6.07, 6.45) is -0.266. The van der Waals surface area contributed by atoms with E-state index in [4.69, 9.17) is 9.47 Å². The highest BCUT2D eigenvalue weighted by molar-refractivity contribution is 5.89. The second kappa shape index (κ2) is 9.06. The van der Waals surface area contributed by atoms with Gasteiger partial charge < -0.3 is 24.8 Å². The molecule has 2 unspecified atom stereocenters. The first kappa shape index (κ1) is 22.7. The Labute approximate surface area is 160 Å². The van der Waals surface area contributed by atoms with Crippen LogP contribution in [0.4, 0.5) is 0 Å². The van der Waals surface area contributed by atoms with E-state index >= 15 is 0 Å². The predicted octanol–water partition coefficient (Wildman–Crippen LogP) is 3.47. The number of aromatic hydroxyl groups is 2. The fourth-order valence-corrected chi connectivity index (χ4v) is 2.34. The Morgan fingerprint density at radius 1 is 1.30 bits per heavy atom. The number of aliphatic hydroxyl groups is 1. The molecule has 0 saturated heterocycles. The van der Waals surface area contributed by atoms with E-state index in [1.54, 1.807) is 52.8 Å². The number of esters is 1. The zero-order valence-corrected chi connectivity index (χ0v) is 16.9. The lowest BCUT2D eigenvalue weighted by Gasteiger charge is -2.32. The lowest BCUT2D eigenvalue weighted by atomic mass is 9.90. The number of aliphatic hydroxyl groups excluding tert-OH is 1. The van der Waals surface area contributed by atoms with Gasteiger partial charge in [-0.25, -0.2) is 4.79 Å². The van der Waals surface area contributed by atoms with Gasteiger partial charge in [-0.05, 0) is 45.8 Å². The molecule has 27 heavy (non-hydrogen) atoms. The van der Waals surface area contributed by atoms with Crippen molar-refractivity contribution in [3.8, 4) is 11.5 Å². The smallest absolute Gasteiger partial charge is 0.333 e. The molecule has 6 nitrogen and oxygen atoms in total. The summed E-state index contributed by atoms with van der Waals surface area (Å²) >= 11 is 0. The monoisotopic (exact) mass is 378 g/mol. The molecule has 1 aromatic rings. The molecular weight excluding hydrogens is 348 g/mol. The summed E-state index contributed by atoms with van der Waals surface area (Å²) in [4.78, 5) is 12.3. The van der Waals surface area contributed by atoms with Crippen molar-refractivity contribution in [3.63, 3.8) is 0 Å². The summed E-state index contributed by atoms with van der Waals surface area (Å²) in [5.41, 5.74) is 0.549. The fourth-order valence-electron chi connectivity index (χ4n) is 2.34. The van der Waals surface area contributed by atoms with Crippen LogP contribution in [0.25, 0.3) is 5.57 Å². The van der Waals surface area contributed by atoms with Crippen molar-refractivity contribution >= 4 is 11.5 Å². The number of allylic oxidation sites excluding steroid dienone is 1. The third-order valence-electron chi connectivity index (χ3n) is 4.86. The number of ether oxygens (including phenoxy) is 2. The molecule has 0 amide bonds. The van der Waals surface area contributed by atoms with Crippen molar-refractivity contribution in [1.29, 1.82) is 0 Å². The van der Waals surface area contributed by atoms with Crippen LogP contribution in [-0.2, 0) is 14.3 Å². The minimum Gasteiger partial charge on any atom is -0.504 e. The van der Waals surface area contributed by atoms with Gasteiger partial charge in [0, 0.05) is 24.7 Å². The molecule has 0 aromatic heterocycles.